The number of aliphatic carboxylic acids is 1. The zero-order valence-corrected chi connectivity index (χ0v) is 9.97. The molecule has 0 saturated carbocycles. The highest BCUT2D eigenvalue weighted by molar-refractivity contribution is 5.73. The molecule has 0 heterocycles. The molecule has 1 unspecified atom stereocenters. The van der Waals surface area contributed by atoms with E-state index >= 15 is 0 Å². The highest BCUT2D eigenvalue weighted by atomic mass is 16.5. The summed E-state index contributed by atoms with van der Waals surface area (Å²) in [4.78, 5) is 10.5. The van der Waals surface area contributed by atoms with Crippen molar-refractivity contribution in [1.82, 2.24) is 0 Å². The van der Waals surface area contributed by atoms with Crippen molar-refractivity contribution >= 4 is 5.97 Å². The fourth-order valence-corrected chi connectivity index (χ4v) is 1.30. The minimum atomic E-state index is -1.09. The molecule has 1 atom stereocenters. The van der Waals surface area contributed by atoms with Crippen LogP contribution in [0, 0.1) is 0 Å². The van der Waals surface area contributed by atoms with Crippen molar-refractivity contribution < 1.29 is 19.4 Å². The lowest BCUT2D eigenvalue weighted by Gasteiger charge is -2.13. The van der Waals surface area contributed by atoms with Crippen LogP contribution in [-0.2, 0) is 11.2 Å². The highest BCUT2D eigenvalue weighted by Crippen LogP contribution is 2.28. The summed E-state index contributed by atoms with van der Waals surface area (Å²) >= 11 is 0. The van der Waals surface area contributed by atoms with Crippen LogP contribution in [0.1, 0.15) is 12.5 Å². The zero-order valence-electron chi connectivity index (χ0n) is 9.97. The fraction of sp³-hybridized carbons (Fsp3) is 0.417. The van der Waals surface area contributed by atoms with E-state index in [0.29, 0.717) is 11.5 Å². The van der Waals surface area contributed by atoms with E-state index in [-0.39, 0.29) is 6.61 Å². The molecular formula is C12H17NO4. The first-order valence-electron chi connectivity index (χ1n) is 5.36. The molecule has 5 nitrogen and oxygen atoms in total. The quantitative estimate of drug-likeness (QED) is 0.775. The Morgan fingerprint density at radius 2 is 2.18 bits per heavy atom. The van der Waals surface area contributed by atoms with Crippen LogP contribution in [0.15, 0.2) is 18.2 Å². The van der Waals surface area contributed by atoms with E-state index in [0.717, 1.165) is 12.0 Å². The topological polar surface area (TPSA) is 81.8 Å². The molecule has 0 spiro atoms. The number of rotatable bonds is 6. The van der Waals surface area contributed by atoms with Crippen LogP contribution in [0.25, 0.3) is 0 Å². The number of hydrogen-bond acceptors (Lipinski definition) is 4. The van der Waals surface area contributed by atoms with E-state index < -0.39 is 12.0 Å². The second-order valence-electron chi connectivity index (χ2n) is 3.59. The van der Waals surface area contributed by atoms with Crippen LogP contribution >= 0.6 is 0 Å². The molecule has 0 aliphatic heterocycles. The van der Waals surface area contributed by atoms with Gasteiger partial charge >= 0.3 is 5.97 Å². The zero-order chi connectivity index (χ0) is 12.8. The van der Waals surface area contributed by atoms with Gasteiger partial charge in [0, 0.05) is 0 Å². The molecule has 0 bridgehead atoms. The van der Waals surface area contributed by atoms with Crippen LogP contribution in [-0.4, -0.2) is 30.8 Å². The number of carbonyl (C=O) groups is 1. The van der Waals surface area contributed by atoms with Crippen molar-refractivity contribution in [2.45, 2.75) is 19.4 Å². The van der Waals surface area contributed by atoms with Gasteiger partial charge in [-0.1, -0.05) is 13.0 Å². The third-order valence-electron chi connectivity index (χ3n) is 2.37. The summed E-state index contributed by atoms with van der Waals surface area (Å²) in [6.07, 6.45) is 0.894. The molecule has 0 radical (unpaired) electrons. The van der Waals surface area contributed by atoms with Crippen LogP contribution in [0.5, 0.6) is 11.5 Å². The van der Waals surface area contributed by atoms with Crippen molar-refractivity contribution in [3.8, 4) is 11.5 Å². The maximum Gasteiger partial charge on any atom is 0.324 e. The van der Waals surface area contributed by atoms with Gasteiger partial charge in [-0.3, -0.25) is 4.79 Å². The third-order valence-corrected chi connectivity index (χ3v) is 2.37. The van der Waals surface area contributed by atoms with Gasteiger partial charge in [0.1, 0.15) is 12.6 Å². The maximum atomic E-state index is 10.5. The number of benzene rings is 1. The number of aryl methyl sites for hydroxylation is 1. The molecule has 0 saturated heterocycles. The third kappa shape index (κ3) is 3.64. The van der Waals surface area contributed by atoms with Crippen molar-refractivity contribution in [3.05, 3.63) is 23.8 Å². The molecule has 0 aromatic heterocycles. The maximum absolute atomic E-state index is 10.5. The molecule has 0 fully saturated rings. The van der Waals surface area contributed by atoms with Gasteiger partial charge in [-0.2, -0.15) is 0 Å². The van der Waals surface area contributed by atoms with Gasteiger partial charge in [-0.25, -0.2) is 0 Å². The predicted octanol–water partition coefficient (Wildman–Crippen LogP) is 1.05. The Morgan fingerprint density at radius 3 is 2.71 bits per heavy atom. The molecular weight excluding hydrogens is 222 g/mol. The Labute approximate surface area is 100 Å². The minimum absolute atomic E-state index is 0.0861. The number of carboxylic acid groups (broad SMARTS) is 1. The number of carboxylic acids is 1. The first-order valence-corrected chi connectivity index (χ1v) is 5.36. The van der Waals surface area contributed by atoms with E-state index in [9.17, 15) is 4.79 Å². The molecule has 1 aromatic rings. The highest BCUT2D eigenvalue weighted by Gasteiger charge is 2.13. The minimum Gasteiger partial charge on any atom is -0.493 e. The van der Waals surface area contributed by atoms with E-state index in [1.165, 1.54) is 0 Å². The normalized spacial score (nSPS) is 11.9. The van der Waals surface area contributed by atoms with Crippen LogP contribution in [0.3, 0.4) is 0 Å². The SMILES string of the molecule is CCc1ccc(OCC(N)C(=O)O)c(OC)c1. The Hall–Kier alpha value is -1.75. The smallest absolute Gasteiger partial charge is 0.324 e. The lowest BCUT2D eigenvalue weighted by molar-refractivity contribution is -0.139. The van der Waals surface area contributed by atoms with Gasteiger partial charge in [0.2, 0.25) is 0 Å². The van der Waals surface area contributed by atoms with Gasteiger partial charge < -0.3 is 20.3 Å². The van der Waals surface area contributed by atoms with E-state index in [1.807, 2.05) is 19.1 Å². The first-order chi connectivity index (χ1) is 8.08. The summed E-state index contributed by atoms with van der Waals surface area (Å²) in [5.41, 5.74) is 6.47. The Balaban J connectivity index is 2.73. The number of ether oxygens (including phenoxy) is 2. The van der Waals surface area contributed by atoms with Crippen LogP contribution < -0.4 is 15.2 Å². The van der Waals surface area contributed by atoms with Crippen molar-refractivity contribution in [3.63, 3.8) is 0 Å². The molecule has 1 rings (SSSR count). The summed E-state index contributed by atoms with van der Waals surface area (Å²) in [6, 6.07) is 4.49. The average molecular weight is 239 g/mol. The van der Waals surface area contributed by atoms with Gasteiger partial charge in [0.05, 0.1) is 7.11 Å². The summed E-state index contributed by atoms with van der Waals surface area (Å²) in [7, 11) is 1.54. The standard InChI is InChI=1S/C12H17NO4/c1-3-8-4-5-10(11(6-8)16-2)17-7-9(13)12(14)15/h4-6,9H,3,7,13H2,1-2H3,(H,14,15). The van der Waals surface area contributed by atoms with E-state index in [4.69, 9.17) is 20.3 Å². The Morgan fingerprint density at radius 1 is 1.47 bits per heavy atom. The van der Waals surface area contributed by atoms with Crippen LogP contribution in [0.2, 0.25) is 0 Å². The molecule has 0 amide bonds. The summed E-state index contributed by atoms with van der Waals surface area (Å²) in [5, 5.41) is 8.63. The van der Waals surface area contributed by atoms with Gasteiger partial charge in [-0.05, 0) is 24.1 Å². The summed E-state index contributed by atoms with van der Waals surface area (Å²) < 4.78 is 10.5. The summed E-state index contributed by atoms with van der Waals surface area (Å²) in [6.45, 7) is 1.95. The van der Waals surface area contributed by atoms with E-state index in [1.54, 1.807) is 13.2 Å². The van der Waals surface area contributed by atoms with Crippen LogP contribution in [0.4, 0.5) is 0 Å². The van der Waals surface area contributed by atoms with Crippen molar-refractivity contribution in [2.24, 2.45) is 5.73 Å². The number of hydrogen-bond donors (Lipinski definition) is 2. The monoisotopic (exact) mass is 239 g/mol. The molecule has 94 valence electrons. The average Bonchev–Trinajstić information content (AvgIpc) is 2.35. The predicted molar refractivity (Wildman–Crippen MR) is 63.5 cm³/mol. The Bertz CT molecular complexity index is 392. The molecule has 0 aliphatic carbocycles. The van der Waals surface area contributed by atoms with E-state index in [2.05, 4.69) is 0 Å². The van der Waals surface area contributed by atoms with Crippen molar-refractivity contribution in [2.75, 3.05) is 13.7 Å². The second-order valence-corrected chi connectivity index (χ2v) is 3.59. The number of methoxy groups -OCH3 is 1. The van der Waals surface area contributed by atoms with Gasteiger partial charge in [0.25, 0.3) is 0 Å². The summed E-state index contributed by atoms with van der Waals surface area (Å²) in [5.74, 6) is -0.00233. The van der Waals surface area contributed by atoms with Gasteiger partial charge in [0.15, 0.2) is 11.5 Å². The van der Waals surface area contributed by atoms with Gasteiger partial charge in [-0.15, -0.1) is 0 Å². The lowest BCUT2D eigenvalue weighted by Crippen LogP contribution is -2.36. The largest absolute Gasteiger partial charge is 0.493 e. The van der Waals surface area contributed by atoms with Crippen molar-refractivity contribution in [1.29, 1.82) is 0 Å². The molecule has 17 heavy (non-hydrogen) atoms. The Kier molecular flexibility index (Phi) is 4.78. The lowest BCUT2D eigenvalue weighted by atomic mass is 10.1. The number of nitrogens with two attached hydrogens (primary N) is 1. The molecule has 0 aliphatic rings. The fourth-order valence-electron chi connectivity index (χ4n) is 1.30. The molecule has 3 N–H and O–H groups in total. The molecule has 5 heteroatoms. The second kappa shape index (κ2) is 6.10. The molecule has 1 aromatic carbocycles. The first kappa shape index (κ1) is 13.3.